The van der Waals surface area contributed by atoms with Crippen molar-refractivity contribution in [3.63, 3.8) is 0 Å². The van der Waals surface area contributed by atoms with Crippen LogP contribution in [0.25, 0.3) is 0 Å². The summed E-state index contributed by atoms with van der Waals surface area (Å²) in [5, 5.41) is 2.89. The van der Waals surface area contributed by atoms with Gasteiger partial charge in [0.1, 0.15) is 0 Å². The van der Waals surface area contributed by atoms with E-state index in [9.17, 15) is 4.79 Å². The molecule has 17 heavy (non-hydrogen) atoms. The smallest absolute Gasteiger partial charge is 0.224 e. The van der Waals surface area contributed by atoms with Crippen molar-refractivity contribution < 1.29 is 4.79 Å². The van der Waals surface area contributed by atoms with Gasteiger partial charge in [-0.1, -0.05) is 24.3 Å². The van der Waals surface area contributed by atoms with E-state index in [1.165, 1.54) is 0 Å². The molecule has 1 fully saturated rings. The van der Waals surface area contributed by atoms with E-state index in [-0.39, 0.29) is 17.5 Å². The minimum absolute atomic E-state index is 0.0685. The van der Waals surface area contributed by atoms with E-state index < -0.39 is 0 Å². The van der Waals surface area contributed by atoms with Crippen LogP contribution in [-0.2, 0) is 16.8 Å². The summed E-state index contributed by atoms with van der Waals surface area (Å²) >= 11 is 0. The van der Waals surface area contributed by atoms with Crippen molar-refractivity contribution in [3.05, 3.63) is 35.4 Å². The first kappa shape index (κ1) is 12.1. The molecule has 3 heteroatoms. The molecule has 0 bridgehead atoms. The van der Waals surface area contributed by atoms with Crippen LogP contribution in [-0.4, -0.2) is 11.9 Å². The van der Waals surface area contributed by atoms with Gasteiger partial charge in [-0.05, 0) is 37.8 Å². The topological polar surface area (TPSA) is 55.1 Å². The second-order valence-corrected chi connectivity index (χ2v) is 5.26. The van der Waals surface area contributed by atoms with Gasteiger partial charge in [0.05, 0.1) is 6.42 Å². The molecular weight excluding hydrogens is 212 g/mol. The zero-order valence-corrected chi connectivity index (χ0v) is 10.5. The van der Waals surface area contributed by atoms with Crippen LogP contribution in [0.1, 0.15) is 37.8 Å². The summed E-state index contributed by atoms with van der Waals surface area (Å²) < 4.78 is 0. The summed E-state index contributed by atoms with van der Waals surface area (Å²) in [4.78, 5) is 11.7. The van der Waals surface area contributed by atoms with E-state index >= 15 is 0 Å². The molecule has 3 N–H and O–H groups in total. The normalized spacial score (nSPS) is 16.9. The number of benzene rings is 1. The average Bonchev–Trinajstić information content (AvgIpc) is 2.97. The summed E-state index contributed by atoms with van der Waals surface area (Å²) in [6.07, 6.45) is 2.53. The molecule has 1 aromatic rings. The Morgan fingerprint density at radius 1 is 1.47 bits per heavy atom. The van der Waals surface area contributed by atoms with E-state index in [0.717, 1.165) is 24.0 Å². The van der Waals surface area contributed by atoms with Crippen LogP contribution in [0.4, 0.5) is 0 Å². The van der Waals surface area contributed by atoms with Crippen LogP contribution in [0.5, 0.6) is 0 Å². The van der Waals surface area contributed by atoms with Crippen molar-refractivity contribution >= 4 is 5.91 Å². The number of amides is 1. The molecule has 1 aliphatic carbocycles. The quantitative estimate of drug-likeness (QED) is 0.830. The fourth-order valence-electron chi connectivity index (χ4n) is 1.97. The zero-order valence-electron chi connectivity index (χ0n) is 10.5. The third-order valence-corrected chi connectivity index (χ3v) is 3.10. The predicted octanol–water partition coefficient (Wildman–Crippen LogP) is 1.70. The predicted molar refractivity (Wildman–Crippen MR) is 68.5 cm³/mol. The minimum atomic E-state index is -0.121. The molecular formula is C14H20N2O. The highest BCUT2D eigenvalue weighted by atomic mass is 16.1. The molecule has 92 valence electrons. The Morgan fingerprint density at radius 2 is 2.18 bits per heavy atom. The first-order valence-electron chi connectivity index (χ1n) is 6.17. The molecule has 0 saturated heterocycles. The largest absolute Gasteiger partial charge is 0.354 e. The monoisotopic (exact) mass is 232 g/mol. The van der Waals surface area contributed by atoms with Crippen molar-refractivity contribution in [3.8, 4) is 0 Å². The number of hydrogen-bond acceptors (Lipinski definition) is 2. The van der Waals surface area contributed by atoms with Crippen LogP contribution in [0.3, 0.4) is 0 Å². The van der Waals surface area contributed by atoms with Crippen LogP contribution in [0.2, 0.25) is 0 Å². The Bertz CT molecular complexity index is 422. The van der Waals surface area contributed by atoms with Gasteiger partial charge in [0.2, 0.25) is 5.91 Å². The maximum atomic E-state index is 11.7. The van der Waals surface area contributed by atoms with Crippen molar-refractivity contribution in [2.45, 2.75) is 44.7 Å². The first-order valence-corrected chi connectivity index (χ1v) is 6.17. The molecule has 2 rings (SSSR count). The number of hydrogen-bond donors (Lipinski definition) is 2. The summed E-state index contributed by atoms with van der Waals surface area (Å²) in [7, 11) is 0. The van der Waals surface area contributed by atoms with Gasteiger partial charge in [-0.15, -0.1) is 0 Å². The lowest BCUT2D eigenvalue weighted by atomic mass is 10.0. The van der Waals surface area contributed by atoms with Crippen LogP contribution in [0.15, 0.2) is 24.3 Å². The van der Waals surface area contributed by atoms with Gasteiger partial charge in [-0.25, -0.2) is 0 Å². The fourth-order valence-corrected chi connectivity index (χ4v) is 1.97. The lowest BCUT2D eigenvalue weighted by molar-refractivity contribution is -0.120. The van der Waals surface area contributed by atoms with Crippen molar-refractivity contribution in [1.82, 2.24) is 5.32 Å². The molecule has 0 aromatic heterocycles. The lowest BCUT2D eigenvalue weighted by Crippen LogP contribution is -2.31. The second kappa shape index (κ2) is 4.49. The Labute approximate surface area is 102 Å². The van der Waals surface area contributed by atoms with Crippen LogP contribution in [0, 0.1) is 0 Å². The number of nitrogens with two attached hydrogens (primary N) is 1. The first-order chi connectivity index (χ1) is 7.99. The van der Waals surface area contributed by atoms with Gasteiger partial charge in [-0.2, -0.15) is 0 Å². The van der Waals surface area contributed by atoms with E-state index in [4.69, 9.17) is 5.73 Å². The van der Waals surface area contributed by atoms with Crippen molar-refractivity contribution in [2.75, 3.05) is 0 Å². The molecule has 1 amide bonds. The molecule has 0 radical (unpaired) electrons. The summed E-state index contributed by atoms with van der Waals surface area (Å²) in [6.45, 7) is 3.93. The average molecular weight is 232 g/mol. The van der Waals surface area contributed by atoms with E-state index in [2.05, 4.69) is 17.4 Å². The molecule has 3 nitrogen and oxygen atoms in total. The molecule has 0 aliphatic heterocycles. The van der Waals surface area contributed by atoms with Crippen LogP contribution >= 0.6 is 0 Å². The Hall–Kier alpha value is -1.35. The Morgan fingerprint density at radius 3 is 2.76 bits per heavy atom. The second-order valence-electron chi connectivity index (χ2n) is 5.26. The highest BCUT2D eigenvalue weighted by molar-refractivity contribution is 5.78. The van der Waals surface area contributed by atoms with E-state index in [0.29, 0.717) is 6.42 Å². The summed E-state index contributed by atoms with van der Waals surface area (Å²) in [5.41, 5.74) is 8.23. The number of carbonyl (C=O) groups is 1. The number of rotatable bonds is 4. The van der Waals surface area contributed by atoms with Gasteiger partial charge < -0.3 is 11.1 Å². The summed E-state index contributed by atoms with van der Waals surface area (Å²) in [6, 6.07) is 8.27. The van der Waals surface area contributed by atoms with Gasteiger partial charge in [0.25, 0.3) is 0 Å². The molecule has 1 saturated carbocycles. The fraction of sp³-hybridized carbons (Fsp3) is 0.500. The number of nitrogens with one attached hydrogen (secondary N) is 1. The highest BCUT2D eigenvalue weighted by Gasteiger charge is 2.39. The third-order valence-electron chi connectivity index (χ3n) is 3.10. The van der Waals surface area contributed by atoms with Gasteiger partial charge in [-0.3, -0.25) is 4.79 Å². The minimum Gasteiger partial charge on any atom is -0.354 e. The highest BCUT2D eigenvalue weighted by Crippen LogP contribution is 2.42. The van der Waals surface area contributed by atoms with Crippen LogP contribution < -0.4 is 11.1 Å². The molecule has 1 aliphatic rings. The van der Waals surface area contributed by atoms with Gasteiger partial charge >= 0.3 is 0 Å². The Balaban J connectivity index is 2.04. The maximum Gasteiger partial charge on any atom is 0.224 e. The van der Waals surface area contributed by atoms with Crippen molar-refractivity contribution in [1.29, 1.82) is 0 Å². The summed E-state index contributed by atoms with van der Waals surface area (Å²) in [5.74, 6) is 0.0685. The SMILES string of the molecule is CC(C)NC(=O)Cc1cccc(C2(N)CC2)c1. The van der Waals surface area contributed by atoms with E-state index in [1.54, 1.807) is 0 Å². The maximum absolute atomic E-state index is 11.7. The standard InChI is InChI=1S/C14H20N2O/c1-10(2)16-13(17)9-11-4-3-5-12(8-11)14(15)6-7-14/h3-5,8,10H,6-7,9,15H2,1-2H3,(H,16,17). The molecule has 0 unspecified atom stereocenters. The van der Waals surface area contributed by atoms with E-state index in [1.807, 2.05) is 26.0 Å². The Kier molecular flexibility index (Phi) is 3.20. The molecule has 0 atom stereocenters. The van der Waals surface area contributed by atoms with Gasteiger partial charge in [0, 0.05) is 11.6 Å². The third kappa shape index (κ3) is 3.07. The van der Waals surface area contributed by atoms with Gasteiger partial charge in [0.15, 0.2) is 0 Å². The lowest BCUT2D eigenvalue weighted by Gasteiger charge is -2.12. The zero-order chi connectivity index (χ0) is 12.5. The van der Waals surface area contributed by atoms with Crippen molar-refractivity contribution in [2.24, 2.45) is 5.73 Å². The molecule has 0 spiro atoms. The number of carbonyl (C=O) groups excluding carboxylic acids is 1. The molecule has 1 aromatic carbocycles. The molecule has 0 heterocycles.